The Bertz CT molecular complexity index is 394. The Morgan fingerprint density at radius 1 is 1.47 bits per heavy atom. The highest BCUT2D eigenvalue weighted by Gasteiger charge is 2.30. The van der Waals surface area contributed by atoms with Crippen molar-refractivity contribution in [2.75, 3.05) is 24.3 Å². The quantitative estimate of drug-likeness (QED) is 0.865. The molecule has 1 atom stereocenters. The summed E-state index contributed by atoms with van der Waals surface area (Å²) >= 11 is 0. The molecule has 0 aliphatic carbocycles. The third-order valence-corrected chi connectivity index (χ3v) is 3.36. The SMILES string of the molecule is COc1c(N)ncnc1N1CCCC1C(C)C. The molecule has 1 aromatic rings. The summed E-state index contributed by atoms with van der Waals surface area (Å²) in [6, 6.07) is 0.512. The second kappa shape index (κ2) is 4.77. The van der Waals surface area contributed by atoms with Crippen molar-refractivity contribution in [3.63, 3.8) is 0 Å². The van der Waals surface area contributed by atoms with Crippen molar-refractivity contribution in [3.8, 4) is 5.75 Å². The molecule has 5 nitrogen and oxygen atoms in total. The maximum Gasteiger partial charge on any atom is 0.204 e. The first-order valence-electron chi connectivity index (χ1n) is 6.06. The molecule has 1 aliphatic heterocycles. The van der Waals surface area contributed by atoms with Crippen LogP contribution in [0, 0.1) is 5.92 Å². The normalized spacial score (nSPS) is 20.0. The van der Waals surface area contributed by atoms with Crippen LogP contribution in [0.15, 0.2) is 6.33 Å². The maximum absolute atomic E-state index is 5.82. The number of nitrogens with zero attached hydrogens (tertiary/aromatic N) is 3. The molecule has 1 saturated heterocycles. The van der Waals surface area contributed by atoms with Crippen molar-refractivity contribution in [1.82, 2.24) is 9.97 Å². The van der Waals surface area contributed by atoms with E-state index in [1.807, 2.05) is 0 Å². The summed E-state index contributed by atoms with van der Waals surface area (Å²) in [6.45, 7) is 5.48. The monoisotopic (exact) mass is 236 g/mol. The Hall–Kier alpha value is -1.52. The predicted molar refractivity (Wildman–Crippen MR) is 68.2 cm³/mol. The van der Waals surface area contributed by atoms with Gasteiger partial charge < -0.3 is 15.4 Å². The fourth-order valence-electron chi connectivity index (χ4n) is 2.53. The zero-order valence-electron chi connectivity index (χ0n) is 10.7. The van der Waals surface area contributed by atoms with Crippen LogP contribution in [0.1, 0.15) is 26.7 Å². The topological polar surface area (TPSA) is 64.3 Å². The maximum atomic E-state index is 5.82. The van der Waals surface area contributed by atoms with E-state index in [2.05, 4.69) is 28.7 Å². The summed E-state index contributed by atoms with van der Waals surface area (Å²) in [5.74, 6) is 2.43. The van der Waals surface area contributed by atoms with Crippen molar-refractivity contribution in [3.05, 3.63) is 6.33 Å². The zero-order valence-corrected chi connectivity index (χ0v) is 10.7. The summed E-state index contributed by atoms with van der Waals surface area (Å²) in [6.07, 6.45) is 3.89. The molecule has 2 heterocycles. The van der Waals surface area contributed by atoms with Gasteiger partial charge in [-0.15, -0.1) is 0 Å². The van der Waals surface area contributed by atoms with Gasteiger partial charge >= 0.3 is 0 Å². The smallest absolute Gasteiger partial charge is 0.204 e. The Morgan fingerprint density at radius 3 is 2.88 bits per heavy atom. The fourth-order valence-corrected chi connectivity index (χ4v) is 2.53. The second-order valence-corrected chi connectivity index (χ2v) is 4.76. The van der Waals surface area contributed by atoms with Crippen molar-refractivity contribution < 1.29 is 4.74 Å². The lowest BCUT2D eigenvalue weighted by Gasteiger charge is -2.29. The van der Waals surface area contributed by atoms with Gasteiger partial charge in [-0.1, -0.05) is 13.8 Å². The lowest BCUT2D eigenvalue weighted by Crippen LogP contribution is -2.34. The van der Waals surface area contributed by atoms with Crippen LogP contribution in [0.5, 0.6) is 5.75 Å². The Morgan fingerprint density at radius 2 is 2.24 bits per heavy atom. The van der Waals surface area contributed by atoms with E-state index in [1.54, 1.807) is 7.11 Å². The average molecular weight is 236 g/mol. The standard InChI is InChI=1S/C12H20N4O/c1-8(2)9-5-4-6-16(9)12-10(17-3)11(13)14-7-15-12/h7-9H,4-6H2,1-3H3,(H2,13,14,15). The van der Waals surface area contributed by atoms with Gasteiger partial charge in [0, 0.05) is 12.6 Å². The van der Waals surface area contributed by atoms with E-state index in [0.717, 1.165) is 12.4 Å². The second-order valence-electron chi connectivity index (χ2n) is 4.76. The summed E-state index contributed by atoms with van der Waals surface area (Å²) in [4.78, 5) is 10.6. The summed E-state index contributed by atoms with van der Waals surface area (Å²) in [5, 5.41) is 0. The molecule has 1 unspecified atom stereocenters. The average Bonchev–Trinajstić information content (AvgIpc) is 2.77. The molecule has 0 radical (unpaired) electrons. The molecule has 5 heteroatoms. The summed E-state index contributed by atoms with van der Waals surface area (Å²) in [7, 11) is 1.61. The van der Waals surface area contributed by atoms with Gasteiger partial charge in [0.05, 0.1) is 7.11 Å². The highest BCUT2D eigenvalue weighted by molar-refractivity contribution is 5.63. The van der Waals surface area contributed by atoms with E-state index in [4.69, 9.17) is 10.5 Å². The molecular formula is C12H20N4O. The minimum atomic E-state index is 0.409. The molecule has 1 aliphatic rings. The first-order chi connectivity index (χ1) is 8.15. The lowest BCUT2D eigenvalue weighted by atomic mass is 10.0. The minimum absolute atomic E-state index is 0.409. The van der Waals surface area contributed by atoms with Gasteiger partial charge in [0.25, 0.3) is 0 Å². The Balaban J connectivity index is 2.36. The van der Waals surface area contributed by atoms with Crippen molar-refractivity contribution in [2.45, 2.75) is 32.7 Å². The number of hydrogen-bond donors (Lipinski definition) is 1. The van der Waals surface area contributed by atoms with Crippen LogP contribution in [0.4, 0.5) is 11.6 Å². The van der Waals surface area contributed by atoms with Gasteiger partial charge in [0.2, 0.25) is 5.75 Å². The largest absolute Gasteiger partial charge is 0.490 e. The van der Waals surface area contributed by atoms with Crippen LogP contribution in [-0.2, 0) is 0 Å². The highest BCUT2D eigenvalue weighted by Crippen LogP contribution is 2.36. The number of anilines is 2. The number of nitrogens with two attached hydrogens (primary N) is 1. The van der Waals surface area contributed by atoms with E-state index in [-0.39, 0.29) is 0 Å². The molecule has 0 aromatic carbocycles. The van der Waals surface area contributed by atoms with Crippen LogP contribution >= 0.6 is 0 Å². The highest BCUT2D eigenvalue weighted by atomic mass is 16.5. The van der Waals surface area contributed by atoms with E-state index in [0.29, 0.717) is 23.5 Å². The van der Waals surface area contributed by atoms with E-state index >= 15 is 0 Å². The predicted octanol–water partition coefficient (Wildman–Crippen LogP) is 1.69. The van der Waals surface area contributed by atoms with E-state index in [1.165, 1.54) is 19.2 Å². The fraction of sp³-hybridized carbons (Fsp3) is 0.667. The summed E-state index contributed by atoms with van der Waals surface area (Å²) < 4.78 is 5.32. The molecule has 0 saturated carbocycles. The van der Waals surface area contributed by atoms with Crippen molar-refractivity contribution in [2.24, 2.45) is 5.92 Å². The number of ether oxygens (including phenoxy) is 1. The van der Waals surface area contributed by atoms with E-state index < -0.39 is 0 Å². The van der Waals surface area contributed by atoms with Crippen LogP contribution < -0.4 is 15.4 Å². The van der Waals surface area contributed by atoms with Crippen LogP contribution in [-0.4, -0.2) is 29.7 Å². The molecule has 0 amide bonds. The van der Waals surface area contributed by atoms with Crippen molar-refractivity contribution in [1.29, 1.82) is 0 Å². The third-order valence-electron chi connectivity index (χ3n) is 3.36. The molecule has 1 fully saturated rings. The molecule has 2 rings (SSSR count). The minimum Gasteiger partial charge on any atom is -0.490 e. The van der Waals surface area contributed by atoms with E-state index in [9.17, 15) is 0 Å². The first-order valence-corrected chi connectivity index (χ1v) is 6.06. The summed E-state index contributed by atoms with van der Waals surface area (Å²) in [5.41, 5.74) is 5.82. The zero-order chi connectivity index (χ0) is 12.4. The lowest BCUT2D eigenvalue weighted by molar-refractivity contribution is 0.408. The van der Waals surface area contributed by atoms with Gasteiger partial charge in [-0.05, 0) is 18.8 Å². The van der Waals surface area contributed by atoms with Crippen LogP contribution in [0.2, 0.25) is 0 Å². The Labute approximate surface area is 102 Å². The Kier molecular flexibility index (Phi) is 3.36. The molecule has 2 N–H and O–H groups in total. The molecule has 0 spiro atoms. The number of aromatic nitrogens is 2. The van der Waals surface area contributed by atoms with Crippen molar-refractivity contribution >= 4 is 11.6 Å². The van der Waals surface area contributed by atoms with Gasteiger partial charge in [-0.3, -0.25) is 0 Å². The van der Waals surface area contributed by atoms with Gasteiger partial charge in [0.15, 0.2) is 11.6 Å². The number of nitrogen functional groups attached to an aromatic ring is 1. The number of hydrogen-bond acceptors (Lipinski definition) is 5. The van der Waals surface area contributed by atoms with Gasteiger partial charge in [-0.25, -0.2) is 9.97 Å². The molecule has 17 heavy (non-hydrogen) atoms. The van der Waals surface area contributed by atoms with Crippen LogP contribution in [0.25, 0.3) is 0 Å². The van der Waals surface area contributed by atoms with Gasteiger partial charge in [0.1, 0.15) is 6.33 Å². The molecule has 0 bridgehead atoms. The molecular weight excluding hydrogens is 216 g/mol. The molecule has 94 valence electrons. The van der Waals surface area contributed by atoms with Crippen LogP contribution in [0.3, 0.4) is 0 Å². The third kappa shape index (κ3) is 2.14. The number of rotatable bonds is 3. The molecule has 1 aromatic heterocycles. The first kappa shape index (κ1) is 12.0. The van der Waals surface area contributed by atoms with Gasteiger partial charge in [-0.2, -0.15) is 0 Å². The number of methoxy groups -OCH3 is 1.